The summed E-state index contributed by atoms with van der Waals surface area (Å²) in [6.07, 6.45) is 3.38. The van der Waals surface area contributed by atoms with Crippen LogP contribution in [0.2, 0.25) is 0 Å². The average molecular weight is 343 g/mol. The van der Waals surface area contributed by atoms with E-state index < -0.39 is 0 Å². The summed E-state index contributed by atoms with van der Waals surface area (Å²) in [5, 5.41) is 7.30. The predicted molar refractivity (Wildman–Crippen MR) is 93.8 cm³/mol. The zero-order valence-corrected chi connectivity index (χ0v) is 14.2. The number of fused-ring (bicyclic) bond motifs is 1. The molecule has 2 aromatic rings. The molecule has 1 amide bonds. The van der Waals surface area contributed by atoms with Crippen molar-refractivity contribution in [3.8, 4) is 0 Å². The van der Waals surface area contributed by atoms with Crippen LogP contribution >= 0.6 is 11.3 Å². The predicted octanol–water partition coefficient (Wildman–Crippen LogP) is 2.48. The number of nitrogens with zero attached hydrogens (tertiary/aromatic N) is 2. The number of thiophene rings is 1. The first-order valence-electron chi connectivity index (χ1n) is 8.31. The third-order valence-corrected chi connectivity index (χ3v) is 5.70. The fourth-order valence-electron chi connectivity index (χ4n) is 3.80. The second-order valence-electron chi connectivity index (χ2n) is 6.62. The van der Waals surface area contributed by atoms with E-state index in [4.69, 9.17) is 4.74 Å². The van der Waals surface area contributed by atoms with Gasteiger partial charge in [0.25, 0.3) is 0 Å². The quantitative estimate of drug-likeness (QED) is 0.927. The van der Waals surface area contributed by atoms with Gasteiger partial charge in [0.1, 0.15) is 0 Å². The SMILES string of the molecule is O=C(Nc1cccnc1)[C@H]1COC[C@H]2CN(Cc3ccsc3)C[C@H]21. The molecule has 126 valence electrons. The molecule has 2 saturated heterocycles. The van der Waals surface area contributed by atoms with Crippen LogP contribution in [0.15, 0.2) is 41.4 Å². The zero-order valence-electron chi connectivity index (χ0n) is 13.4. The Labute approximate surface area is 145 Å². The summed E-state index contributed by atoms with van der Waals surface area (Å²) in [5.74, 6) is 0.780. The molecule has 24 heavy (non-hydrogen) atoms. The van der Waals surface area contributed by atoms with E-state index in [1.54, 1.807) is 23.7 Å². The Kier molecular flexibility index (Phi) is 4.60. The second-order valence-corrected chi connectivity index (χ2v) is 7.40. The Hall–Kier alpha value is -1.76. The third kappa shape index (κ3) is 3.36. The fourth-order valence-corrected chi connectivity index (χ4v) is 4.46. The molecule has 3 atom stereocenters. The van der Waals surface area contributed by atoms with Crippen molar-refractivity contribution in [2.24, 2.45) is 17.8 Å². The summed E-state index contributed by atoms with van der Waals surface area (Å²) in [6, 6.07) is 5.87. The molecule has 0 aliphatic carbocycles. The highest BCUT2D eigenvalue weighted by Crippen LogP contribution is 2.35. The lowest BCUT2D eigenvalue weighted by atomic mass is 9.82. The molecule has 2 aliphatic rings. The van der Waals surface area contributed by atoms with Gasteiger partial charge in [0.15, 0.2) is 0 Å². The van der Waals surface area contributed by atoms with Crippen LogP contribution in [0.25, 0.3) is 0 Å². The van der Waals surface area contributed by atoms with E-state index in [1.165, 1.54) is 5.56 Å². The molecule has 0 spiro atoms. The summed E-state index contributed by atoms with van der Waals surface area (Å²) < 4.78 is 5.74. The number of pyridine rings is 1. The van der Waals surface area contributed by atoms with Crippen LogP contribution in [-0.2, 0) is 16.1 Å². The molecule has 4 rings (SSSR count). The topological polar surface area (TPSA) is 54.5 Å². The molecule has 1 N–H and O–H groups in total. The molecular formula is C18H21N3O2S. The normalized spacial score (nSPS) is 26.9. The number of ether oxygens (including phenoxy) is 1. The van der Waals surface area contributed by atoms with Crippen LogP contribution < -0.4 is 5.32 Å². The van der Waals surface area contributed by atoms with Crippen molar-refractivity contribution < 1.29 is 9.53 Å². The van der Waals surface area contributed by atoms with Crippen LogP contribution in [0.5, 0.6) is 0 Å². The summed E-state index contributed by atoms with van der Waals surface area (Å²) in [7, 11) is 0. The third-order valence-electron chi connectivity index (χ3n) is 4.97. The van der Waals surface area contributed by atoms with Gasteiger partial charge in [-0.3, -0.25) is 14.7 Å². The zero-order chi connectivity index (χ0) is 16.4. The van der Waals surface area contributed by atoms with Gasteiger partial charge >= 0.3 is 0 Å². The first kappa shape index (κ1) is 15.7. The van der Waals surface area contributed by atoms with Gasteiger partial charge in [-0.15, -0.1) is 0 Å². The highest BCUT2D eigenvalue weighted by Gasteiger charge is 2.43. The number of anilines is 1. The lowest BCUT2D eigenvalue weighted by Crippen LogP contribution is -2.41. The number of amides is 1. The van der Waals surface area contributed by atoms with Gasteiger partial charge < -0.3 is 10.1 Å². The van der Waals surface area contributed by atoms with E-state index in [1.807, 2.05) is 12.1 Å². The summed E-state index contributed by atoms with van der Waals surface area (Å²) in [4.78, 5) is 19.2. The van der Waals surface area contributed by atoms with Crippen molar-refractivity contribution in [3.05, 3.63) is 46.9 Å². The Morgan fingerprint density at radius 2 is 2.33 bits per heavy atom. The lowest BCUT2D eigenvalue weighted by Gasteiger charge is -2.32. The Morgan fingerprint density at radius 3 is 3.12 bits per heavy atom. The van der Waals surface area contributed by atoms with Crippen molar-refractivity contribution >= 4 is 22.9 Å². The van der Waals surface area contributed by atoms with Gasteiger partial charge in [0.05, 0.1) is 31.0 Å². The maximum Gasteiger partial charge on any atom is 0.230 e. The average Bonchev–Trinajstić information content (AvgIpc) is 3.24. The van der Waals surface area contributed by atoms with Crippen LogP contribution in [0.3, 0.4) is 0 Å². The number of nitrogens with one attached hydrogen (secondary N) is 1. The van der Waals surface area contributed by atoms with Crippen LogP contribution in [0.4, 0.5) is 5.69 Å². The van der Waals surface area contributed by atoms with Crippen LogP contribution in [0.1, 0.15) is 5.56 Å². The Morgan fingerprint density at radius 1 is 1.38 bits per heavy atom. The van der Waals surface area contributed by atoms with Crippen molar-refractivity contribution in [2.75, 3.05) is 31.6 Å². The maximum absolute atomic E-state index is 12.7. The van der Waals surface area contributed by atoms with E-state index in [0.29, 0.717) is 18.4 Å². The van der Waals surface area contributed by atoms with Crippen LogP contribution in [0, 0.1) is 17.8 Å². The molecule has 0 radical (unpaired) electrons. The van der Waals surface area contributed by atoms with Gasteiger partial charge in [-0.25, -0.2) is 0 Å². The smallest absolute Gasteiger partial charge is 0.230 e. The van der Waals surface area contributed by atoms with E-state index in [0.717, 1.165) is 31.9 Å². The first-order chi connectivity index (χ1) is 11.8. The number of carbonyl (C=O) groups excluding carboxylic acids is 1. The monoisotopic (exact) mass is 343 g/mol. The number of aromatic nitrogens is 1. The highest BCUT2D eigenvalue weighted by molar-refractivity contribution is 7.07. The summed E-state index contributed by atoms with van der Waals surface area (Å²) in [5.41, 5.74) is 2.11. The maximum atomic E-state index is 12.7. The molecular weight excluding hydrogens is 322 g/mol. The van der Waals surface area contributed by atoms with E-state index in [-0.39, 0.29) is 11.8 Å². The van der Waals surface area contributed by atoms with E-state index in [9.17, 15) is 4.79 Å². The largest absolute Gasteiger partial charge is 0.380 e. The molecule has 0 bridgehead atoms. The molecule has 5 nitrogen and oxygen atoms in total. The molecule has 2 aliphatic heterocycles. The molecule has 6 heteroatoms. The number of hydrogen-bond donors (Lipinski definition) is 1. The summed E-state index contributed by atoms with van der Waals surface area (Å²) in [6.45, 7) is 4.22. The minimum absolute atomic E-state index is 0.0510. The molecule has 4 heterocycles. The van der Waals surface area contributed by atoms with E-state index >= 15 is 0 Å². The highest BCUT2D eigenvalue weighted by atomic mass is 32.1. The number of likely N-dealkylation sites (tertiary alicyclic amines) is 1. The number of rotatable bonds is 4. The standard InChI is InChI=1S/C18H21N3O2S/c22-18(20-15-2-1-4-19-6-15)17-11-23-10-14-8-21(9-16(14)17)7-13-3-5-24-12-13/h1-6,12,14,16-17H,7-11H2,(H,20,22)/t14-,16-,17+/m1/s1. The second kappa shape index (κ2) is 7.01. The fraction of sp³-hybridized carbons (Fsp3) is 0.444. The van der Waals surface area contributed by atoms with Gasteiger partial charge in [-0.2, -0.15) is 11.3 Å². The van der Waals surface area contributed by atoms with Crippen molar-refractivity contribution in [1.29, 1.82) is 0 Å². The lowest BCUT2D eigenvalue weighted by molar-refractivity contribution is -0.128. The minimum Gasteiger partial charge on any atom is -0.380 e. The molecule has 2 aromatic heterocycles. The van der Waals surface area contributed by atoms with Crippen LogP contribution in [-0.4, -0.2) is 42.1 Å². The molecule has 0 aromatic carbocycles. The molecule has 2 fully saturated rings. The molecule has 0 unspecified atom stereocenters. The van der Waals surface area contributed by atoms with E-state index in [2.05, 4.69) is 32.0 Å². The minimum atomic E-state index is -0.0866. The van der Waals surface area contributed by atoms with Gasteiger partial charge in [0.2, 0.25) is 5.91 Å². The van der Waals surface area contributed by atoms with Gasteiger partial charge in [0, 0.05) is 25.8 Å². The summed E-state index contributed by atoms with van der Waals surface area (Å²) >= 11 is 1.73. The van der Waals surface area contributed by atoms with Crippen molar-refractivity contribution in [3.63, 3.8) is 0 Å². The first-order valence-corrected chi connectivity index (χ1v) is 9.26. The van der Waals surface area contributed by atoms with Gasteiger partial charge in [-0.1, -0.05) is 0 Å². The van der Waals surface area contributed by atoms with Crippen molar-refractivity contribution in [2.45, 2.75) is 6.54 Å². The van der Waals surface area contributed by atoms with Gasteiger partial charge in [-0.05, 0) is 46.4 Å². The Bertz CT molecular complexity index is 677. The van der Waals surface area contributed by atoms with Crippen molar-refractivity contribution in [1.82, 2.24) is 9.88 Å². The molecule has 0 saturated carbocycles. The Balaban J connectivity index is 1.42. The number of hydrogen-bond acceptors (Lipinski definition) is 5. The number of carbonyl (C=O) groups is 1.